The summed E-state index contributed by atoms with van der Waals surface area (Å²) in [5.41, 5.74) is 6.27. The standard InChI is InChI=1S/C34H40Cl2N4O2/c1-23-17-24(2)19-27(18-23)32(41)38(4)21-26(25-9-10-29(35)30(36)20-25)11-14-39-15-12-34(13-16-39)22-40(33(42)37-3)31-8-6-5-7-28(31)34/h5-10,17-20,26H,11-16,21-22H2,1-4H3,(H,37,42). The number of likely N-dealkylation sites (tertiary alicyclic amines) is 1. The highest BCUT2D eigenvalue weighted by Crippen LogP contribution is 2.47. The summed E-state index contributed by atoms with van der Waals surface area (Å²) in [6.07, 6.45) is 2.89. The number of likely N-dealkylation sites (N-methyl/N-ethyl adjacent to an activating group) is 1. The summed E-state index contributed by atoms with van der Waals surface area (Å²) in [4.78, 5) is 32.3. The molecule has 0 bridgehead atoms. The maximum absolute atomic E-state index is 13.4. The van der Waals surface area contributed by atoms with Gasteiger partial charge in [-0.2, -0.15) is 0 Å². The molecule has 222 valence electrons. The van der Waals surface area contributed by atoms with E-state index in [9.17, 15) is 9.59 Å². The van der Waals surface area contributed by atoms with E-state index in [1.54, 1.807) is 7.05 Å². The minimum absolute atomic E-state index is 0.0126. The van der Waals surface area contributed by atoms with Gasteiger partial charge in [0, 0.05) is 49.8 Å². The number of nitrogens with zero attached hydrogens (tertiary/aromatic N) is 3. The molecule has 2 heterocycles. The second-order valence-corrected chi connectivity index (χ2v) is 12.8. The maximum Gasteiger partial charge on any atom is 0.321 e. The molecule has 1 unspecified atom stereocenters. The van der Waals surface area contributed by atoms with Crippen LogP contribution in [0.4, 0.5) is 10.5 Å². The lowest BCUT2D eigenvalue weighted by Crippen LogP contribution is -2.47. The zero-order valence-corrected chi connectivity index (χ0v) is 26.4. The number of amides is 3. The van der Waals surface area contributed by atoms with Crippen LogP contribution in [0.25, 0.3) is 0 Å². The van der Waals surface area contributed by atoms with Gasteiger partial charge >= 0.3 is 6.03 Å². The Morgan fingerprint density at radius 3 is 2.33 bits per heavy atom. The number of fused-ring (bicyclic) bond motifs is 2. The first kappa shape index (κ1) is 30.4. The van der Waals surface area contributed by atoms with Crippen LogP contribution in [-0.2, 0) is 5.41 Å². The van der Waals surface area contributed by atoms with E-state index < -0.39 is 0 Å². The van der Waals surface area contributed by atoms with E-state index in [1.807, 2.05) is 67.1 Å². The first-order chi connectivity index (χ1) is 20.1. The Morgan fingerprint density at radius 1 is 0.976 bits per heavy atom. The molecule has 0 radical (unpaired) electrons. The van der Waals surface area contributed by atoms with Crippen molar-refractivity contribution < 1.29 is 9.59 Å². The van der Waals surface area contributed by atoms with Crippen molar-refractivity contribution in [1.29, 1.82) is 0 Å². The molecule has 2 aliphatic rings. The molecule has 1 fully saturated rings. The van der Waals surface area contributed by atoms with Crippen molar-refractivity contribution >= 4 is 40.8 Å². The number of benzene rings is 3. The average Bonchev–Trinajstić information content (AvgIpc) is 3.30. The molecule has 0 saturated carbocycles. The average molecular weight is 608 g/mol. The van der Waals surface area contributed by atoms with E-state index in [2.05, 4.69) is 34.5 Å². The summed E-state index contributed by atoms with van der Waals surface area (Å²) < 4.78 is 0. The number of carbonyl (C=O) groups is 2. The fourth-order valence-corrected chi connectivity index (χ4v) is 7.09. The molecule has 8 heteroatoms. The number of rotatable bonds is 7. The molecule has 6 nitrogen and oxygen atoms in total. The third-order valence-electron chi connectivity index (χ3n) is 9.02. The quantitative estimate of drug-likeness (QED) is 0.313. The number of carbonyl (C=O) groups excluding carboxylic acids is 2. The number of aryl methyl sites for hydroxylation is 2. The van der Waals surface area contributed by atoms with E-state index in [4.69, 9.17) is 23.2 Å². The van der Waals surface area contributed by atoms with Crippen molar-refractivity contribution in [3.63, 3.8) is 0 Å². The van der Waals surface area contributed by atoms with Gasteiger partial charge < -0.3 is 15.1 Å². The van der Waals surface area contributed by atoms with Gasteiger partial charge in [-0.3, -0.25) is 9.69 Å². The third-order valence-corrected chi connectivity index (χ3v) is 9.76. The Hall–Kier alpha value is -3.06. The third kappa shape index (κ3) is 6.31. The molecule has 3 aromatic rings. The second kappa shape index (κ2) is 12.7. The lowest BCUT2D eigenvalue weighted by molar-refractivity contribution is 0.0780. The molecule has 5 rings (SSSR count). The monoisotopic (exact) mass is 606 g/mol. The lowest BCUT2D eigenvalue weighted by Gasteiger charge is -2.40. The largest absolute Gasteiger partial charge is 0.341 e. The first-order valence-electron chi connectivity index (χ1n) is 14.7. The number of para-hydroxylation sites is 1. The number of hydrogen-bond donors (Lipinski definition) is 1. The molecule has 0 aliphatic carbocycles. The van der Waals surface area contributed by atoms with Gasteiger partial charge in [-0.05, 0) is 94.2 Å². The van der Waals surface area contributed by atoms with Crippen LogP contribution in [0.5, 0.6) is 0 Å². The molecular weight excluding hydrogens is 567 g/mol. The van der Waals surface area contributed by atoms with Crippen LogP contribution >= 0.6 is 23.2 Å². The van der Waals surface area contributed by atoms with Crippen molar-refractivity contribution in [2.24, 2.45) is 0 Å². The summed E-state index contributed by atoms with van der Waals surface area (Å²) in [5, 5.41) is 3.87. The zero-order valence-electron chi connectivity index (χ0n) is 24.9. The molecule has 2 aliphatic heterocycles. The highest BCUT2D eigenvalue weighted by atomic mass is 35.5. The highest BCUT2D eigenvalue weighted by molar-refractivity contribution is 6.42. The summed E-state index contributed by atoms with van der Waals surface area (Å²) in [6, 6.07) is 20.1. The van der Waals surface area contributed by atoms with E-state index in [-0.39, 0.29) is 23.3 Å². The van der Waals surface area contributed by atoms with Gasteiger partial charge in [0.15, 0.2) is 0 Å². The Bertz CT molecular complexity index is 1450. The summed E-state index contributed by atoms with van der Waals surface area (Å²) in [6.45, 7) is 8.17. The van der Waals surface area contributed by atoms with Crippen LogP contribution in [0, 0.1) is 13.8 Å². The molecule has 42 heavy (non-hydrogen) atoms. The van der Waals surface area contributed by atoms with Gasteiger partial charge in [0.05, 0.1) is 10.0 Å². The van der Waals surface area contributed by atoms with Gasteiger partial charge in [0.2, 0.25) is 0 Å². The van der Waals surface area contributed by atoms with Gasteiger partial charge in [-0.15, -0.1) is 0 Å². The maximum atomic E-state index is 13.4. The lowest BCUT2D eigenvalue weighted by atomic mass is 9.74. The number of halogens is 2. The fraction of sp³-hybridized carbons (Fsp3) is 0.412. The number of piperidine rings is 1. The van der Waals surface area contributed by atoms with Crippen LogP contribution < -0.4 is 10.2 Å². The topological polar surface area (TPSA) is 55.9 Å². The van der Waals surface area contributed by atoms with Gasteiger partial charge in [-0.1, -0.05) is 64.7 Å². The molecule has 3 aromatic carbocycles. The zero-order chi connectivity index (χ0) is 30.0. The van der Waals surface area contributed by atoms with Crippen LogP contribution in [-0.4, -0.2) is 68.6 Å². The minimum Gasteiger partial charge on any atom is -0.341 e. The highest BCUT2D eigenvalue weighted by Gasteiger charge is 2.46. The summed E-state index contributed by atoms with van der Waals surface area (Å²) >= 11 is 12.7. The van der Waals surface area contributed by atoms with E-state index >= 15 is 0 Å². The van der Waals surface area contributed by atoms with Gasteiger partial charge in [0.1, 0.15) is 0 Å². The molecule has 1 atom stereocenters. The number of anilines is 1. The SMILES string of the molecule is CNC(=O)N1CC2(CCN(CCC(CN(C)C(=O)c3cc(C)cc(C)c3)c3ccc(Cl)c(Cl)c3)CC2)c2ccccc21. The minimum atomic E-state index is -0.0503. The van der Waals surface area contributed by atoms with Crippen LogP contribution in [0.2, 0.25) is 10.0 Å². The van der Waals surface area contributed by atoms with Crippen molar-refractivity contribution in [3.8, 4) is 0 Å². The van der Waals surface area contributed by atoms with Gasteiger partial charge in [0.25, 0.3) is 5.91 Å². The smallest absolute Gasteiger partial charge is 0.321 e. The fourth-order valence-electron chi connectivity index (χ4n) is 6.78. The van der Waals surface area contributed by atoms with E-state index in [0.29, 0.717) is 22.2 Å². The normalized spacial score (nSPS) is 16.8. The molecular formula is C34H40Cl2N4O2. The number of urea groups is 1. The molecule has 1 saturated heterocycles. The predicted molar refractivity (Wildman–Crippen MR) is 172 cm³/mol. The summed E-state index contributed by atoms with van der Waals surface area (Å²) in [7, 11) is 3.57. The Labute approximate surface area is 259 Å². The number of hydrogen-bond acceptors (Lipinski definition) is 3. The Morgan fingerprint density at radius 2 is 1.67 bits per heavy atom. The van der Waals surface area contributed by atoms with E-state index in [1.165, 1.54) is 5.56 Å². The van der Waals surface area contributed by atoms with Crippen LogP contribution in [0.1, 0.15) is 57.8 Å². The van der Waals surface area contributed by atoms with Gasteiger partial charge in [-0.25, -0.2) is 4.79 Å². The Kier molecular flexibility index (Phi) is 9.17. The summed E-state index contributed by atoms with van der Waals surface area (Å²) in [5.74, 6) is 0.124. The Balaban J connectivity index is 1.28. The van der Waals surface area contributed by atoms with Crippen molar-refractivity contribution in [3.05, 3.63) is 98.5 Å². The van der Waals surface area contributed by atoms with E-state index in [0.717, 1.165) is 67.8 Å². The molecule has 1 N–H and O–H groups in total. The molecule has 1 spiro atoms. The number of nitrogens with one attached hydrogen (secondary N) is 1. The predicted octanol–water partition coefficient (Wildman–Crippen LogP) is 7.05. The van der Waals surface area contributed by atoms with Crippen molar-refractivity contribution in [2.45, 2.75) is 44.4 Å². The van der Waals surface area contributed by atoms with Crippen LogP contribution in [0.15, 0.2) is 60.7 Å². The van der Waals surface area contributed by atoms with Crippen molar-refractivity contribution in [1.82, 2.24) is 15.1 Å². The first-order valence-corrected chi connectivity index (χ1v) is 15.5. The van der Waals surface area contributed by atoms with Crippen LogP contribution in [0.3, 0.4) is 0 Å². The second-order valence-electron chi connectivity index (χ2n) is 12.0. The molecule has 0 aromatic heterocycles. The molecule has 3 amide bonds. The van der Waals surface area contributed by atoms with Crippen molar-refractivity contribution in [2.75, 3.05) is 51.7 Å².